The van der Waals surface area contributed by atoms with Crippen molar-refractivity contribution in [2.24, 2.45) is 11.8 Å². The molecule has 2 rings (SSSR count). The van der Waals surface area contributed by atoms with Gasteiger partial charge in [-0.05, 0) is 49.8 Å². The van der Waals surface area contributed by atoms with Crippen LogP contribution in [0.25, 0.3) is 0 Å². The van der Waals surface area contributed by atoms with Crippen LogP contribution in [0.5, 0.6) is 0 Å². The summed E-state index contributed by atoms with van der Waals surface area (Å²) in [5.41, 5.74) is 0. The first-order valence-corrected chi connectivity index (χ1v) is 9.42. The van der Waals surface area contributed by atoms with E-state index in [0.29, 0.717) is 6.04 Å². The highest BCUT2D eigenvalue weighted by atomic mass is 35.5. The molecule has 1 atom stereocenters. The highest BCUT2D eigenvalue weighted by Gasteiger charge is 2.28. The van der Waals surface area contributed by atoms with E-state index in [1.165, 1.54) is 49.8 Å². The predicted octanol–water partition coefficient (Wildman–Crippen LogP) is 6.05. The van der Waals surface area contributed by atoms with Gasteiger partial charge >= 0.3 is 0 Å². The lowest BCUT2D eigenvalue weighted by atomic mass is 9.76. The molecule has 1 saturated carbocycles. The molecule has 0 amide bonds. The Morgan fingerprint density at radius 3 is 2.50 bits per heavy atom. The summed E-state index contributed by atoms with van der Waals surface area (Å²) in [5, 5.41) is 3.77. The van der Waals surface area contributed by atoms with Crippen molar-refractivity contribution < 1.29 is 0 Å². The van der Waals surface area contributed by atoms with E-state index in [0.717, 1.165) is 22.7 Å². The molecule has 1 aliphatic rings. The molecular formula is C17H28ClNS. The Morgan fingerprint density at radius 1 is 1.20 bits per heavy atom. The van der Waals surface area contributed by atoms with E-state index < -0.39 is 0 Å². The fourth-order valence-corrected chi connectivity index (χ4v) is 4.74. The molecule has 1 aliphatic carbocycles. The van der Waals surface area contributed by atoms with E-state index in [1.54, 1.807) is 11.3 Å². The molecule has 1 nitrogen and oxygen atoms in total. The SMILES string of the molecule is CCCNC(c1ccc(Cl)s1)C1CCC(CCC)CC1. The first-order chi connectivity index (χ1) is 9.74. The molecule has 1 heterocycles. The molecule has 1 N–H and O–H groups in total. The molecule has 3 heteroatoms. The Kier molecular flexibility index (Phi) is 6.86. The number of hydrogen-bond acceptors (Lipinski definition) is 2. The van der Waals surface area contributed by atoms with Crippen LogP contribution in [0, 0.1) is 11.8 Å². The highest BCUT2D eigenvalue weighted by Crippen LogP contribution is 2.40. The lowest BCUT2D eigenvalue weighted by molar-refractivity contribution is 0.216. The van der Waals surface area contributed by atoms with Crippen molar-refractivity contribution in [3.63, 3.8) is 0 Å². The molecule has 1 fully saturated rings. The molecule has 114 valence electrons. The van der Waals surface area contributed by atoms with Gasteiger partial charge in [-0.2, -0.15) is 0 Å². The van der Waals surface area contributed by atoms with Crippen molar-refractivity contribution in [3.05, 3.63) is 21.3 Å². The monoisotopic (exact) mass is 313 g/mol. The van der Waals surface area contributed by atoms with Gasteiger partial charge in [-0.3, -0.25) is 0 Å². The van der Waals surface area contributed by atoms with Crippen molar-refractivity contribution >= 4 is 22.9 Å². The first kappa shape index (κ1) is 16.3. The predicted molar refractivity (Wildman–Crippen MR) is 90.7 cm³/mol. The second-order valence-electron chi connectivity index (χ2n) is 6.14. The molecule has 0 radical (unpaired) electrons. The third-order valence-electron chi connectivity index (χ3n) is 4.57. The van der Waals surface area contributed by atoms with Crippen molar-refractivity contribution in [1.29, 1.82) is 0 Å². The van der Waals surface area contributed by atoms with Gasteiger partial charge < -0.3 is 5.32 Å². The fourth-order valence-electron chi connectivity index (χ4n) is 3.51. The third kappa shape index (κ3) is 4.47. The van der Waals surface area contributed by atoms with Crippen molar-refractivity contribution in [2.45, 2.75) is 64.8 Å². The molecular weight excluding hydrogens is 286 g/mol. The van der Waals surface area contributed by atoms with Crippen LogP contribution in [0.1, 0.15) is 69.7 Å². The minimum atomic E-state index is 0.523. The normalized spacial score (nSPS) is 24.8. The van der Waals surface area contributed by atoms with E-state index in [9.17, 15) is 0 Å². The number of thiophene rings is 1. The number of halogens is 1. The Balaban J connectivity index is 1.97. The van der Waals surface area contributed by atoms with Gasteiger partial charge in [-0.1, -0.05) is 51.1 Å². The van der Waals surface area contributed by atoms with E-state index in [-0.39, 0.29) is 0 Å². The average Bonchev–Trinajstić information content (AvgIpc) is 2.88. The van der Waals surface area contributed by atoms with E-state index in [4.69, 9.17) is 11.6 Å². The largest absolute Gasteiger partial charge is 0.309 e. The van der Waals surface area contributed by atoms with Gasteiger partial charge in [0.2, 0.25) is 0 Å². The Bertz CT molecular complexity index is 382. The molecule has 0 bridgehead atoms. The summed E-state index contributed by atoms with van der Waals surface area (Å²) in [5.74, 6) is 1.78. The van der Waals surface area contributed by atoms with E-state index in [2.05, 4.69) is 25.2 Å². The van der Waals surface area contributed by atoms with Crippen LogP contribution in [-0.4, -0.2) is 6.54 Å². The third-order valence-corrected chi connectivity index (χ3v) is 5.89. The maximum Gasteiger partial charge on any atom is 0.0931 e. The topological polar surface area (TPSA) is 12.0 Å². The molecule has 1 aromatic heterocycles. The molecule has 20 heavy (non-hydrogen) atoms. The zero-order valence-electron chi connectivity index (χ0n) is 12.8. The summed E-state index contributed by atoms with van der Waals surface area (Å²) >= 11 is 7.89. The van der Waals surface area contributed by atoms with Gasteiger partial charge in [0.25, 0.3) is 0 Å². The smallest absolute Gasteiger partial charge is 0.0931 e. The number of hydrogen-bond donors (Lipinski definition) is 1. The van der Waals surface area contributed by atoms with Crippen molar-refractivity contribution in [2.75, 3.05) is 6.54 Å². The molecule has 1 aromatic rings. The fraction of sp³-hybridized carbons (Fsp3) is 0.765. The molecule has 0 aliphatic heterocycles. The van der Waals surface area contributed by atoms with E-state index in [1.807, 2.05) is 6.07 Å². The lowest BCUT2D eigenvalue weighted by Gasteiger charge is -2.34. The Morgan fingerprint density at radius 2 is 1.95 bits per heavy atom. The summed E-state index contributed by atoms with van der Waals surface area (Å²) in [6, 6.07) is 4.79. The van der Waals surface area contributed by atoms with Gasteiger partial charge in [0.05, 0.1) is 4.34 Å². The van der Waals surface area contributed by atoms with Crippen LogP contribution in [0.2, 0.25) is 4.34 Å². The van der Waals surface area contributed by atoms with Crippen molar-refractivity contribution in [1.82, 2.24) is 5.32 Å². The summed E-state index contributed by atoms with van der Waals surface area (Å²) in [6.07, 6.45) is 9.55. The molecule has 0 aromatic carbocycles. The lowest BCUT2D eigenvalue weighted by Crippen LogP contribution is -2.31. The van der Waals surface area contributed by atoms with Crippen LogP contribution in [0.15, 0.2) is 12.1 Å². The van der Waals surface area contributed by atoms with Crippen LogP contribution in [0.4, 0.5) is 0 Å². The van der Waals surface area contributed by atoms with Crippen LogP contribution in [-0.2, 0) is 0 Å². The maximum absolute atomic E-state index is 6.13. The summed E-state index contributed by atoms with van der Waals surface area (Å²) in [7, 11) is 0. The summed E-state index contributed by atoms with van der Waals surface area (Å²) in [4.78, 5) is 1.43. The van der Waals surface area contributed by atoms with Crippen LogP contribution in [0.3, 0.4) is 0 Å². The average molecular weight is 314 g/mol. The minimum absolute atomic E-state index is 0.523. The van der Waals surface area contributed by atoms with E-state index >= 15 is 0 Å². The van der Waals surface area contributed by atoms with Gasteiger partial charge in [-0.25, -0.2) is 0 Å². The standard InChI is InChI=1S/C17H28ClNS/c1-3-5-13-6-8-14(9-7-13)17(19-12-4-2)15-10-11-16(18)20-15/h10-11,13-14,17,19H,3-9,12H2,1-2H3. The zero-order chi connectivity index (χ0) is 14.4. The van der Waals surface area contributed by atoms with Gasteiger partial charge in [0, 0.05) is 10.9 Å². The number of rotatable bonds is 7. The number of nitrogens with one attached hydrogen (secondary N) is 1. The van der Waals surface area contributed by atoms with Gasteiger partial charge in [-0.15, -0.1) is 11.3 Å². The second kappa shape index (κ2) is 8.41. The zero-order valence-corrected chi connectivity index (χ0v) is 14.4. The second-order valence-corrected chi connectivity index (χ2v) is 7.89. The molecule has 0 spiro atoms. The van der Waals surface area contributed by atoms with Gasteiger partial charge in [0.1, 0.15) is 0 Å². The summed E-state index contributed by atoms with van der Waals surface area (Å²) in [6.45, 7) is 5.66. The van der Waals surface area contributed by atoms with Crippen molar-refractivity contribution in [3.8, 4) is 0 Å². The Hall–Kier alpha value is -0.0500. The maximum atomic E-state index is 6.13. The van der Waals surface area contributed by atoms with Crippen LogP contribution < -0.4 is 5.32 Å². The first-order valence-electron chi connectivity index (χ1n) is 8.23. The summed E-state index contributed by atoms with van der Waals surface area (Å²) < 4.78 is 0.919. The van der Waals surface area contributed by atoms with Gasteiger partial charge in [0.15, 0.2) is 0 Å². The quantitative estimate of drug-likeness (QED) is 0.646. The molecule has 1 unspecified atom stereocenters. The highest BCUT2D eigenvalue weighted by molar-refractivity contribution is 7.16. The minimum Gasteiger partial charge on any atom is -0.309 e. The van der Waals surface area contributed by atoms with Crippen LogP contribution >= 0.6 is 22.9 Å². The Labute approximate surface area is 133 Å². The molecule has 0 saturated heterocycles.